The van der Waals surface area contributed by atoms with Gasteiger partial charge in [-0.3, -0.25) is 15.0 Å². The van der Waals surface area contributed by atoms with Crippen molar-refractivity contribution < 1.29 is 0 Å². The van der Waals surface area contributed by atoms with Gasteiger partial charge in [0.15, 0.2) is 0 Å². The van der Waals surface area contributed by atoms with E-state index in [0.717, 1.165) is 47.1 Å². The van der Waals surface area contributed by atoms with Crippen molar-refractivity contribution in [2.75, 3.05) is 6.54 Å². The van der Waals surface area contributed by atoms with E-state index in [0.29, 0.717) is 0 Å². The summed E-state index contributed by atoms with van der Waals surface area (Å²) in [5.74, 6) is 0. The number of allylic oxidation sites excluding steroid dienone is 1. The molecule has 0 unspecified atom stereocenters. The highest BCUT2D eigenvalue weighted by Crippen LogP contribution is 2.23. The van der Waals surface area contributed by atoms with Crippen molar-refractivity contribution in [2.24, 2.45) is 4.99 Å². The Labute approximate surface area is 135 Å². The Bertz CT molecular complexity index is 895. The number of pyridine rings is 2. The quantitative estimate of drug-likeness (QED) is 0.707. The molecule has 3 aromatic rings. The van der Waals surface area contributed by atoms with Gasteiger partial charge in [0.05, 0.1) is 11.2 Å². The van der Waals surface area contributed by atoms with Crippen LogP contribution in [0.15, 0.2) is 71.6 Å². The van der Waals surface area contributed by atoms with E-state index in [1.807, 2.05) is 36.7 Å². The number of benzene rings is 1. The zero-order valence-electron chi connectivity index (χ0n) is 12.8. The van der Waals surface area contributed by atoms with Crippen LogP contribution in [0, 0.1) is 0 Å². The number of rotatable bonds is 2. The summed E-state index contributed by atoms with van der Waals surface area (Å²) >= 11 is 0. The standard InChI is InChI=1S/C20H17N3/c1-2-8-19-16(5-1)11-15(13-23-19)12-17-6-4-10-22-20(17)18-7-3-9-21-14-18/h1-3,5,7-9,11-14H,4,6,10H2. The van der Waals surface area contributed by atoms with Gasteiger partial charge in [0.2, 0.25) is 0 Å². The Morgan fingerprint density at radius 2 is 1.96 bits per heavy atom. The molecule has 0 aliphatic carbocycles. The molecule has 1 aliphatic heterocycles. The zero-order valence-corrected chi connectivity index (χ0v) is 12.8. The molecule has 1 aliphatic rings. The summed E-state index contributed by atoms with van der Waals surface area (Å²) in [5.41, 5.74) is 5.57. The van der Waals surface area contributed by atoms with Crippen molar-refractivity contribution in [3.63, 3.8) is 0 Å². The highest BCUT2D eigenvalue weighted by Gasteiger charge is 2.14. The van der Waals surface area contributed by atoms with E-state index in [-0.39, 0.29) is 0 Å². The van der Waals surface area contributed by atoms with E-state index in [1.54, 1.807) is 6.20 Å². The van der Waals surface area contributed by atoms with Gasteiger partial charge in [-0.1, -0.05) is 18.2 Å². The van der Waals surface area contributed by atoms with E-state index < -0.39 is 0 Å². The molecule has 0 saturated heterocycles. The molecule has 0 bridgehead atoms. The van der Waals surface area contributed by atoms with Gasteiger partial charge in [0.1, 0.15) is 0 Å². The van der Waals surface area contributed by atoms with Crippen LogP contribution in [0.5, 0.6) is 0 Å². The summed E-state index contributed by atoms with van der Waals surface area (Å²) in [4.78, 5) is 13.5. The first-order chi connectivity index (χ1) is 11.4. The maximum atomic E-state index is 4.73. The van der Waals surface area contributed by atoms with Gasteiger partial charge in [-0.15, -0.1) is 0 Å². The Hall–Kier alpha value is -2.81. The molecule has 1 aromatic carbocycles. The summed E-state index contributed by atoms with van der Waals surface area (Å²) in [6.45, 7) is 0.886. The number of aliphatic imine (C=N–C) groups is 1. The van der Waals surface area contributed by atoms with Gasteiger partial charge < -0.3 is 0 Å². The minimum Gasteiger partial charge on any atom is -0.284 e. The maximum absolute atomic E-state index is 4.73. The predicted molar refractivity (Wildman–Crippen MR) is 94.6 cm³/mol. The number of hydrogen-bond acceptors (Lipinski definition) is 3. The maximum Gasteiger partial charge on any atom is 0.0702 e. The average Bonchev–Trinajstić information content (AvgIpc) is 2.63. The van der Waals surface area contributed by atoms with Gasteiger partial charge in [0, 0.05) is 36.1 Å². The average molecular weight is 299 g/mol. The zero-order chi connectivity index (χ0) is 15.5. The fraction of sp³-hybridized carbons (Fsp3) is 0.150. The van der Waals surface area contributed by atoms with Crippen LogP contribution in [0.3, 0.4) is 0 Å². The Morgan fingerprint density at radius 3 is 2.87 bits per heavy atom. The second-order valence-corrected chi connectivity index (χ2v) is 5.71. The van der Waals surface area contributed by atoms with Crippen LogP contribution in [0.1, 0.15) is 24.0 Å². The molecule has 0 fully saturated rings. The molecule has 0 saturated carbocycles. The topological polar surface area (TPSA) is 38.1 Å². The Balaban J connectivity index is 1.75. The number of aromatic nitrogens is 2. The van der Waals surface area contributed by atoms with Crippen LogP contribution < -0.4 is 0 Å². The molecule has 23 heavy (non-hydrogen) atoms. The fourth-order valence-electron chi connectivity index (χ4n) is 2.97. The van der Waals surface area contributed by atoms with Crippen molar-refractivity contribution in [1.82, 2.24) is 9.97 Å². The van der Waals surface area contributed by atoms with Crippen LogP contribution in [-0.2, 0) is 0 Å². The van der Waals surface area contributed by atoms with Gasteiger partial charge in [-0.05, 0) is 54.3 Å². The number of nitrogens with zero attached hydrogens (tertiary/aromatic N) is 3. The van der Waals surface area contributed by atoms with Crippen LogP contribution in [0.4, 0.5) is 0 Å². The highest BCUT2D eigenvalue weighted by atomic mass is 14.8. The van der Waals surface area contributed by atoms with E-state index in [2.05, 4.69) is 34.2 Å². The number of para-hydroxylation sites is 1. The van der Waals surface area contributed by atoms with Crippen LogP contribution in [0.25, 0.3) is 17.0 Å². The third kappa shape index (κ3) is 2.90. The van der Waals surface area contributed by atoms with Gasteiger partial charge in [0.25, 0.3) is 0 Å². The van der Waals surface area contributed by atoms with Crippen LogP contribution >= 0.6 is 0 Å². The monoisotopic (exact) mass is 299 g/mol. The lowest BCUT2D eigenvalue weighted by Gasteiger charge is -2.16. The summed E-state index contributed by atoms with van der Waals surface area (Å²) in [5, 5.41) is 1.16. The molecule has 2 aromatic heterocycles. The molecule has 112 valence electrons. The molecule has 3 heterocycles. The first-order valence-corrected chi connectivity index (χ1v) is 7.91. The summed E-state index contributed by atoms with van der Waals surface area (Å²) < 4.78 is 0. The van der Waals surface area contributed by atoms with Crippen molar-refractivity contribution in [3.05, 3.63) is 77.8 Å². The van der Waals surface area contributed by atoms with E-state index in [9.17, 15) is 0 Å². The molecule has 0 radical (unpaired) electrons. The smallest absolute Gasteiger partial charge is 0.0702 e. The van der Waals surface area contributed by atoms with Crippen molar-refractivity contribution in [3.8, 4) is 0 Å². The minimum absolute atomic E-state index is 0.886. The molecule has 0 atom stereocenters. The summed E-state index contributed by atoms with van der Waals surface area (Å²) in [7, 11) is 0. The first-order valence-electron chi connectivity index (χ1n) is 7.91. The molecular weight excluding hydrogens is 282 g/mol. The normalized spacial score (nSPS) is 16.5. The molecule has 0 amide bonds. The molecule has 0 spiro atoms. The van der Waals surface area contributed by atoms with Crippen molar-refractivity contribution in [2.45, 2.75) is 12.8 Å². The molecule has 3 heteroatoms. The molecule has 0 N–H and O–H groups in total. The molecule has 4 rings (SSSR count). The first kappa shape index (κ1) is 13.8. The lowest BCUT2D eigenvalue weighted by molar-refractivity contribution is 0.818. The Kier molecular flexibility index (Phi) is 3.68. The fourth-order valence-corrected chi connectivity index (χ4v) is 2.97. The summed E-state index contributed by atoms with van der Waals surface area (Å²) in [6, 6.07) is 14.4. The minimum atomic E-state index is 0.886. The second kappa shape index (κ2) is 6.13. The SMILES string of the molecule is C(=C1CCCN=C1c1cccnc1)c1cnc2ccccc2c1. The number of hydrogen-bond donors (Lipinski definition) is 0. The lowest BCUT2D eigenvalue weighted by Crippen LogP contribution is -2.11. The molecular formula is C20H17N3. The van der Waals surface area contributed by atoms with Crippen LogP contribution in [0.2, 0.25) is 0 Å². The van der Waals surface area contributed by atoms with E-state index in [1.165, 1.54) is 5.57 Å². The molecule has 3 nitrogen and oxygen atoms in total. The van der Waals surface area contributed by atoms with Gasteiger partial charge in [-0.2, -0.15) is 0 Å². The number of fused-ring (bicyclic) bond motifs is 1. The van der Waals surface area contributed by atoms with Gasteiger partial charge >= 0.3 is 0 Å². The van der Waals surface area contributed by atoms with Gasteiger partial charge in [-0.25, -0.2) is 0 Å². The third-order valence-electron chi connectivity index (χ3n) is 4.07. The van der Waals surface area contributed by atoms with Crippen molar-refractivity contribution in [1.29, 1.82) is 0 Å². The summed E-state index contributed by atoms with van der Waals surface area (Å²) in [6.07, 6.45) is 9.96. The van der Waals surface area contributed by atoms with Crippen LogP contribution in [-0.4, -0.2) is 22.2 Å². The predicted octanol–water partition coefficient (Wildman–Crippen LogP) is 4.30. The van der Waals surface area contributed by atoms with E-state index >= 15 is 0 Å². The second-order valence-electron chi connectivity index (χ2n) is 5.71. The van der Waals surface area contributed by atoms with Crippen molar-refractivity contribution >= 4 is 22.7 Å². The Morgan fingerprint density at radius 1 is 1.00 bits per heavy atom. The highest BCUT2D eigenvalue weighted by molar-refractivity contribution is 6.15. The van der Waals surface area contributed by atoms with E-state index in [4.69, 9.17) is 4.99 Å². The third-order valence-corrected chi connectivity index (χ3v) is 4.07. The lowest BCUT2D eigenvalue weighted by atomic mass is 9.95. The largest absolute Gasteiger partial charge is 0.284 e.